The van der Waals surface area contributed by atoms with Gasteiger partial charge >= 0.3 is 0 Å². The zero-order chi connectivity index (χ0) is 12.4. The van der Waals surface area contributed by atoms with Crippen LogP contribution in [0.5, 0.6) is 0 Å². The van der Waals surface area contributed by atoms with Gasteiger partial charge in [-0.1, -0.05) is 11.7 Å². The predicted octanol–water partition coefficient (Wildman–Crippen LogP) is 0.719. The zero-order valence-corrected chi connectivity index (χ0v) is 10.3. The summed E-state index contributed by atoms with van der Waals surface area (Å²) in [4.78, 5) is 4.07. The first-order valence-electron chi connectivity index (χ1n) is 4.70. The summed E-state index contributed by atoms with van der Waals surface area (Å²) in [7, 11) is -3.43. The van der Waals surface area contributed by atoms with Gasteiger partial charge in [-0.2, -0.15) is 4.98 Å². The van der Waals surface area contributed by atoms with Crippen molar-refractivity contribution in [2.24, 2.45) is 0 Å². The molecule has 0 aromatic carbocycles. The molecule has 6 nitrogen and oxygen atoms in total. The second-order valence-corrected chi connectivity index (χ2v) is 5.78. The third-order valence-electron chi connectivity index (χ3n) is 2.04. The highest BCUT2D eigenvalue weighted by atomic mass is 32.2. The Morgan fingerprint density at radius 3 is 2.62 bits per heavy atom. The van der Waals surface area contributed by atoms with Gasteiger partial charge in [-0.05, 0) is 20.8 Å². The largest absolute Gasteiger partial charge is 0.339 e. The molecule has 1 aromatic heterocycles. The van der Waals surface area contributed by atoms with Crippen molar-refractivity contribution < 1.29 is 12.9 Å². The normalized spacial score (nSPS) is 12.7. The molecule has 1 heterocycles. The summed E-state index contributed by atoms with van der Waals surface area (Å²) in [5, 5.41) is 4.53. The second-order valence-electron chi connectivity index (χ2n) is 4.06. The summed E-state index contributed by atoms with van der Waals surface area (Å²) < 4.78 is 29.8. The molecule has 0 radical (unpaired) electrons. The van der Waals surface area contributed by atoms with Gasteiger partial charge in [-0.3, -0.25) is 0 Å². The van der Waals surface area contributed by atoms with E-state index in [0.29, 0.717) is 11.7 Å². The predicted molar refractivity (Wildman–Crippen MR) is 59.2 cm³/mol. The lowest BCUT2D eigenvalue weighted by atomic mass is 9.94. The second kappa shape index (κ2) is 4.34. The van der Waals surface area contributed by atoms with Gasteiger partial charge in [0, 0.05) is 12.0 Å². The Hall–Kier alpha value is -1.21. The molecule has 0 spiro atoms. The molecule has 0 unspecified atom stereocenters. The maximum atomic E-state index is 11.2. The molecule has 16 heavy (non-hydrogen) atoms. The first-order chi connectivity index (χ1) is 7.27. The van der Waals surface area contributed by atoms with E-state index in [2.05, 4.69) is 21.4 Å². The number of rotatable bonds is 5. The van der Waals surface area contributed by atoms with Crippen molar-refractivity contribution in [3.05, 3.63) is 23.7 Å². The van der Waals surface area contributed by atoms with E-state index in [0.717, 1.165) is 5.41 Å². The highest BCUT2D eigenvalue weighted by molar-refractivity contribution is 7.92. The fourth-order valence-corrected chi connectivity index (χ4v) is 1.67. The topological polar surface area (TPSA) is 85.1 Å². The van der Waals surface area contributed by atoms with E-state index >= 15 is 0 Å². The van der Waals surface area contributed by atoms with Crippen LogP contribution < -0.4 is 4.72 Å². The van der Waals surface area contributed by atoms with Crippen LogP contribution in [-0.2, 0) is 15.4 Å². The fraction of sp³-hybridized carbons (Fsp3) is 0.556. The number of aromatic nitrogens is 2. The lowest BCUT2D eigenvalue weighted by molar-refractivity contribution is 0.305. The lowest BCUT2D eigenvalue weighted by Crippen LogP contribution is -2.36. The Morgan fingerprint density at radius 1 is 1.56 bits per heavy atom. The van der Waals surface area contributed by atoms with E-state index in [9.17, 15) is 8.42 Å². The van der Waals surface area contributed by atoms with Crippen LogP contribution in [0.15, 0.2) is 16.5 Å². The Morgan fingerprint density at radius 2 is 2.19 bits per heavy atom. The van der Waals surface area contributed by atoms with Gasteiger partial charge in [0.25, 0.3) is 0 Å². The van der Waals surface area contributed by atoms with Gasteiger partial charge in [0.1, 0.15) is 0 Å². The first kappa shape index (κ1) is 12.9. The molecular weight excluding hydrogens is 230 g/mol. The first-order valence-corrected chi connectivity index (χ1v) is 6.24. The molecule has 0 aliphatic rings. The minimum Gasteiger partial charge on any atom is -0.339 e. The molecule has 7 heteroatoms. The molecule has 90 valence electrons. The van der Waals surface area contributed by atoms with Gasteiger partial charge < -0.3 is 4.52 Å². The quantitative estimate of drug-likeness (QED) is 0.826. The Labute approximate surface area is 94.8 Å². The van der Waals surface area contributed by atoms with Crippen LogP contribution in [0.4, 0.5) is 0 Å². The molecule has 0 aliphatic carbocycles. The number of sulfonamides is 1. The molecule has 1 aromatic rings. The van der Waals surface area contributed by atoms with Crippen LogP contribution >= 0.6 is 0 Å². The summed E-state index contributed by atoms with van der Waals surface area (Å²) in [5.74, 6) is 0.923. The van der Waals surface area contributed by atoms with Crippen molar-refractivity contribution in [2.45, 2.75) is 26.2 Å². The molecule has 0 atom stereocenters. The van der Waals surface area contributed by atoms with Gasteiger partial charge in [0.15, 0.2) is 5.82 Å². The van der Waals surface area contributed by atoms with Crippen LogP contribution in [0.2, 0.25) is 0 Å². The molecule has 0 bridgehead atoms. The highest BCUT2D eigenvalue weighted by Crippen LogP contribution is 2.20. The molecule has 0 aliphatic heterocycles. The average molecular weight is 245 g/mol. The van der Waals surface area contributed by atoms with Crippen LogP contribution in [-0.4, -0.2) is 25.1 Å². The lowest BCUT2D eigenvalue weighted by Gasteiger charge is -2.19. The summed E-state index contributed by atoms with van der Waals surface area (Å²) in [6.07, 6.45) is 0. The van der Waals surface area contributed by atoms with Gasteiger partial charge in [0.05, 0.1) is 5.41 Å². The van der Waals surface area contributed by atoms with Gasteiger partial charge in [0.2, 0.25) is 15.9 Å². The molecular formula is C9H15N3O3S. The van der Waals surface area contributed by atoms with E-state index in [4.69, 9.17) is 4.52 Å². The van der Waals surface area contributed by atoms with Crippen LogP contribution in [0.1, 0.15) is 25.6 Å². The number of aryl methyl sites for hydroxylation is 1. The van der Waals surface area contributed by atoms with Crippen molar-refractivity contribution >= 4 is 10.0 Å². The van der Waals surface area contributed by atoms with Crippen LogP contribution in [0.25, 0.3) is 0 Å². The van der Waals surface area contributed by atoms with Crippen molar-refractivity contribution in [1.82, 2.24) is 14.9 Å². The van der Waals surface area contributed by atoms with Crippen molar-refractivity contribution in [3.8, 4) is 0 Å². The van der Waals surface area contributed by atoms with E-state index in [-0.39, 0.29) is 6.54 Å². The Kier molecular flexibility index (Phi) is 3.49. The monoisotopic (exact) mass is 245 g/mol. The Bertz CT molecular complexity index is 476. The Balaban J connectivity index is 2.77. The number of nitrogens with zero attached hydrogens (tertiary/aromatic N) is 2. The highest BCUT2D eigenvalue weighted by Gasteiger charge is 2.28. The standard InChI is InChI=1S/C9H15N3O3S/c1-5-16(13,14)10-6-9(3,4)8-11-7(2)12-15-8/h5,10H,1,6H2,2-4H3. The number of hydrogen-bond donors (Lipinski definition) is 1. The van der Waals surface area contributed by atoms with Crippen molar-refractivity contribution in [2.75, 3.05) is 6.54 Å². The average Bonchev–Trinajstić information content (AvgIpc) is 2.63. The zero-order valence-electron chi connectivity index (χ0n) is 9.52. The SMILES string of the molecule is C=CS(=O)(=O)NCC(C)(C)c1nc(C)no1. The van der Waals surface area contributed by atoms with Crippen LogP contribution in [0, 0.1) is 6.92 Å². The minimum absolute atomic E-state index is 0.170. The summed E-state index contributed by atoms with van der Waals surface area (Å²) in [6.45, 7) is 8.71. The molecule has 0 fully saturated rings. The number of hydrogen-bond acceptors (Lipinski definition) is 5. The maximum absolute atomic E-state index is 11.2. The van der Waals surface area contributed by atoms with Crippen LogP contribution in [0.3, 0.4) is 0 Å². The van der Waals surface area contributed by atoms with Crippen molar-refractivity contribution in [1.29, 1.82) is 0 Å². The molecule has 0 saturated carbocycles. The van der Waals surface area contributed by atoms with Crippen molar-refractivity contribution in [3.63, 3.8) is 0 Å². The molecule has 0 saturated heterocycles. The third-order valence-corrected chi connectivity index (χ3v) is 3.03. The summed E-state index contributed by atoms with van der Waals surface area (Å²) in [5.41, 5.74) is -0.558. The van der Waals surface area contributed by atoms with E-state index < -0.39 is 15.4 Å². The van der Waals surface area contributed by atoms with Gasteiger partial charge in [-0.15, -0.1) is 0 Å². The molecule has 0 amide bonds. The third kappa shape index (κ3) is 3.14. The smallest absolute Gasteiger partial charge is 0.233 e. The minimum atomic E-state index is -3.43. The van der Waals surface area contributed by atoms with E-state index in [1.54, 1.807) is 6.92 Å². The fourth-order valence-electron chi connectivity index (χ4n) is 0.988. The maximum Gasteiger partial charge on any atom is 0.233 e. The molecule has 1 rings (SSSR count). The van der Waals surface area contributed by atoms with E-state index in [1.807, 2.05) is 13.8 Å². The van der Waals surface area contributed by atoms with E-state index in [1.165, 1.54) is 0 Å². The number of nitrogens with one attached hydrogen (secondary N) is 1. The summed E-state index contributed by atoms with van der Waals surface area (Å²) in [6, 6.07) is 0. The molecule has 1 N–H and O–H groups in total. The van der Waals surface area contributed by atoms with Gasteiger partial charge in [-0.25, -0.2) is 13.1 Å². The summed E-state index contributed by atoms with van der Waals surface area (Å²) >= 11 is 0.